The minimum absolute atomic E-state index is 0.0157. The van der Waals surface area contributed by atoms with Crippen molar-refractivity contribution in [3.63, 3.8) is 0 Å². The molecule has 0 unspecified atom stereocenters. The van der Waals surface area contributed by atoms with Crippen LogP contribution in [0.2, 0.25) is 0 Å². The fraction of sp³-hybridized carbons (Fsp3) is 0.360. The summed E-state index contributed by atoms with van der Waals surface area (Å²) in [5, 5.41) is 4.38. The minimum Gasteiger partial charge on any atom is -0.352 e. The van der Waals surface area contributed by atoms with E-state index in [1.54, 1.807) is 0 Å². The molecule has 1 aliphatic rings. The van der Waals surface area contributed by atoms with Crippen molar-refractivity contribution in [2.45, 2.75) is 32.4 Å². The average Bonchev–Trinajstić information content (AvgIpc) is 3.25. The summed E-state index contributed by atoms with van der Waals surface area (Å²) >= 11 is 9.37. The summed E-state index contributed by atoms with van der Waals surface area (Å²) in [6.07, 6.45) is 2.91. The number of nitrogens with one attached hydrogen (secondary N) is 1. The van der Waals surface area contributed by atoms with Gasteiger partial charge in [-0.3, -0.25) is 4.98 Å². The van der Waals surface area contributed by atoms with E-state index >= 15 is 0 Å². The molecule has 0 radical (unpaired) electrons. The lowest BCUT2D eigenvalue weighted by Gasteiger charge is -2.28. The van der Waals surface area contributed by atoms with Gasteiger partial charge in [0.25, 0.3) is 0 Å². The lowest BCUT2D eigenvalue weighted by atomic mass is 9.96. The highest BCUT2D eigenvalue weighted by molar-refractivity contribution is 9.10. The maximum Gasteiger partial charge on any atom is 0.170 e. The van der Waals surface area contributed by atoms with Crippen LogP contribution in [0.5, 0.6) is 0 Å². The molecule has 1 N–H and O–H groups in total. The maximum absolute atomic E-state index is 5.83. The Kier molecular flexibility index (Phi) is 6.98. The van der Waals surface area contributed by atoms with Crippen molar-refractivity contribution in [1.82, 2.24) is 24.7 Å². The number of nitrogens with zero attached hydrogens (tertiary/aromatic N) is 4. The molecule has 5 nitrogen and oxygen atoms in total. The van der Waals surface area contributed by atoms with Crippen LogP contribution in [0.3, 0.4) is 0 Å². The van der Waals surface area contributed by atoms with Crippen molar-refractivity contribution < 1.29 is 0 Å². The molecule has 1 aromatic carbocycles. The number of hydrogen-bond donors (Lipinski definition) is 1. The first kappa shape index (κ1) is 23.0. The zero-order valence-electron chi connectivity index (χ0n) is 19.0. The predicted octanol–water partition coefficient (Wildman–Crippen LogP) is 5.18. The monoisotopic (exact) mass is 511 g/mol. The number of hydrogen-bond acceptors (Lipinski definition) is 3. The highest BCUT2D eigenvalue weighted by atomic mass is 79.9. The molecule has 1 saturated heterocycles. The molecule has 0 amide bonds. The molecule has 1 fully saturated rings. The molecule has 4 rings (SSSR count). The Bertz CT molecular complexity index is 1080. The summed E-state index contributed by atoms with van der Waals surface area (Å²) in [5.41, 5.74) is 5.92. The zero-order valence-corrected chi connectivity index (χ0v) is 21.4. The van der Waals surface area contributed by atoms with Gasteiger partial charge in [-0.15, -0.1) is 0 Å². The third kappa shape index (κ3) is 4.60. The van der Waals surface area contributed by atoms with Crippen LogP contribution in [-0.2, 0) is 0 Å². The van der Waals surface area contributed by atoms with Crippen molar-refractivity contribution in [3.05, 3.63) is 81.8 Å². The van der Waals surface area contributed by atoms with E-state index in [4.69, 9.17) is 12.2 Å². The van der Waals surface area contributed by atoms with Crippen LogP contribution in [0.15, 0.2) is 59.2 Å². The van der Waals surface area contributed by atoms with Crippen LogP contribution >= 0.6 is 28.1 Å². The van der Waals surface area contributed by atoms with Gasteiger partial charge >= 0.3 is 0 Å². The van der Waals surface area contributed by atoms with Crippen LogP contribution in [-0.4, -0.2) is 51.6 Å². The Balaban J connectivity index is 1.76. The number of thiocarbonyl (C=S) groups is 1. The standard InChI is InChI=1S/C25H30BrN5S/c1-17-16-21(18(2)31(17)20-11-9-19(26)10-12-20)24-23(22-8-5-6-13-27-22)28-25(32)30(24)15-7-14-29(3)4/h5-6,8-13,16,23-24H,7,14-15H2,1-4H3,(H,28,32)/t23-,24+/m0/s1. The molecule has 0 saturated carbocycles. The fourth-order valence-corrected chi connectivity index (χ4v) is 5.21. The van der Waals surface area contributed by atoms with Crippen LogP contribution in [0.25, 0.3) is 5.69 Å². The fourth-order valence-electron chi connectivity index (χ4n) is 4.62. The van der Waals surface area contributed by atoms with E-state index in [2.05, 4.69) is 105 Å². The topological polar surface area (TPSA) is 36.3 Å². The van der Waals surface area contributed by atoms with Gasteiger partial charge in [-0.25, -0.2) is 0 Å². The molecule has 2 atom stereocenters. The first-order valence-electron chi connectivity index (χ1n) is 10.9. The molecule has 168 valence electrons. The first-order valence-corrected chi connectivity index (χ1v) is 12.1. The summed E-state index contributed by atoms with van der Waals surface area (Å²) < 4.78 is 3.41. The van der Waals surface area contributed by atoms with Crippen LogP contribution in [0.4, 0.5) is 0 Å². The second-order valence-corrected chi connectivity index (χ2v) is 9.92. The van der Waals surface area contributed by atoms with Gasteiger partial charge in [0.15, 0.2) is 5.11 Å². The molecule has 3 heterocycles. The largest absolute Gasteiger partial charge is 0.352 e. The third-order valence-electron chi connectivity index (χ3n) is 6.08. The van der Waals surface area contributed by atoms with Gasteiger partial charge in [-0.1, -0.05) is 22.0 Å². The number of halogens is 1. The Morgan fingerprint density at radius 1 is 1.12 bits per heavy atom. The molecule has 1 aliphatic heterocycles. The molecule has 0 aliphatic carbocycles. The minimum atomic E-state index is 0.0157. The van der Waals surface area contributed by atoms with Crippen molar-refractivity contribution in [3.8, 4) is 5.69 Å². The van der Waals surface area contributed by atoms with Crippen molar-refractivity contribution in [1.29, 1.82) is 0 Å². The highest BCUT2D eigenvalue weighted by Crippen LogP contribution is 2.41. The Labute approximate surface area is 204 Å². The SMILES string of the molecule is Cc1cc([C@@H]2[C@H](c3ccccn3)NC(=S)N2CCCN(C)C)c(C)n1-c1ccc(Br)cc1. The van der Waals surface area contributed by atoms with Crippen molar-refractivity contribution in [2.75, 3.05) is 27.2 Å². The molecular formula is C25H30BrN5S. The zero-order chi connectivity index (χ0) is 22.8. The van der Waals surface area contributed by atoms with E-state index in [9.17, 15) is 0 Å². The van der Waals surface area contributed by atoms with Gasteiger partial charge in [0, 0.05) is 34.3 Å². The van der Waals surface area contributed by atoms with Crippen molar-refractivity contribution >= 4 is 33.3 Å². The van der Waals surface area contributed by atoms with Gasteiger partial charge in [0.1, 0.15) is 0 Å². The summed E-state index contributed by atoms with van der Waals surface area (Å²) in [7, 11) is 4.22. The quantitative estimate of drug-likeness (QED) is 0.442. The van der Waals surface area contributed by atoms with Crippen LogP contribution in [0, 0.1) is 13.8 Å². The molecule has 0 bridgehead atoms. The maximum atomic E-state index is 5.83. The van der Waals surface area contributed by atoms with Crippen LogP contribution in [0.1, 0.15) is 41.1 Å². The lowest BCUT2D eigenvalue weighted by molar-refractivity contribution is 0.292. The molecule has 32 heavy (non-hydrogen) atoms. The summed E-state index contributed by atoms with van der Waals surface area (Å²) in [5.74, 6) is 0. The molecule has 3 aromatic rings. The number of aryl methyl sites for hydroxylation is 1. The number of benzene rings is 1. The van der Waals surface area contributed by atoms with Gasteiger partial charge in [0.05, 0.1) is 17.8 Å². The normalized spacial score (nSPS) is 18.4. The van der Waals surface area contributed by atoms with Gasteiger partial charge in [0.2, 0.25) is 0 Å². The van der Waals surface area contributed by atoms with Gasteiger partial charge in [-0.05, 0) is 101 Å². The highest BCUT2D eigenvalue weighted by Gasteiger charge is 2.41. The van der Waals surface area contributed by atoms with E-state index in [-0.39, 0.29) is 12.1 Å². The Hall–Kier alpha value is -2.22. The summed E-state index contributed by atoms with van der Waals surface area (Å²) in [4.78, 5) is 9.24. The second kappa shape index (κ2) is 9.73. The number of aromatic nitrogens is 2. The lowest BCUT2D eigenvalue weighted by Crippen LogP contribution is -2.32. The van der Waals surface area contributed by atoms with Crippen LogP contribution < -0.4 is 5.32 Å². The molecular weight excluding hydrogens is 482 g/mol. The van der Waals surface area contributed by atoms with E-state index < -0.39 is 0 Å². The summed E-state index contributed by atoms with van der Waals surface area (Å²) in [6.45, 7) is 6.31. The van der Waals surface area contributed by atoms with E-state index in [1.807, 2.05) is 18.3 Å². The van der Waals surface area contributed by atoms with Gasteiger partial charge in [-0.2, -0.15) is 0 Å². The molecule has 2 aromatic heterocycles. The number of pyridine rings is 1. The van der Waals surface area contributed by atoms with E-state index in [1.165, 1.54) is 17.0 Å². The van der Waals surface area contributed by atoms with Crippen molar-refractivity contribution in [2.24, 2.45) is 0 Å². The third-order valence-corrected chi connectivity index (χ3v) is 6.96. The van der Waals surface area contributed by atoms with E-state index in [0.29, 0.717) is 0 Å². The smallest absolute Gasteiger partial charge is 0.170 e. The molecule has 0 spiro atoms. The Morgan fingerprint density at radius 3 is 2.53 bits per heavy atom. The average molecular weight is 513 g/mol. The number of rotatable bonds is 7. The van der Waals surface area contributed by atoms with E-state index in [0.717, 1.165) is 40.5 Å². The second-order valence-electron chi connectivity index (χ2n) is 8.62. The Morgan fingerprint density at radius 2 is 1.88 bits per heavy atom. The molecule has 7 heteroatoms. The predicted molar refractivity (Wildman–Crippen MR) is 138 cm³/mol. The summed E-state index contributed by atoms with van der Waals surface area (Å²) in [6, 6.07) is 17.0. The first-order chi connectivity index (χ1) is 15.4. The van der Waals surface area contributed by atoms with Gasteiger partial charge < -0.3 is 19.7 Å².